The average molecular weight is 241 g/mol. The molecule has 5 heteroatoms. The van der Waals surface area contributed by atoms with E-state index in [1.807, 2.05) is 13.8 Å². The van der Waals surface area contributed by atoms with Crippen molar-refractivity contribution in [2.45, 2.75) is 46.6 Å². The Morgan fingerprint density at radius 1 is 1.38 bits per heavy atom. The van der Waals surface area contributed by atoms with Crippen molar-refractivity contribution in [3.8, 4) is 0 Å². The summed E-state index contributed by atoms with van der Waals surface area (Å²) in [5.41, 5.74) is 0.975. The van der Waals surface area contributed by atoms with Crippen LogP contribution in [-0.4, -0.2) is 17.1 Å². The van der Waals surface area contributed by atoms with Crippen LogP contribution in [0.5, 0.6) is 0 Å². The fourth-order valence-corrected chi connectivity index (χ4v) is 2.15. The molecular formula is C11H19N3OS. The van der Waals surface area contributed by atoms with E-state index in [1.54, 1.807) is 0 Å². The predicted octanol–water partition coefficient (Wildman–Crippen LogP) is 3.07. The molecule has 4 nitrogen and oxygen atoms in total. The van der Waals surface area contributed by atoms with E-state index in [4.69, 9.17) is 0 Å². The van der Waals surface area contributed by atoms with E-state index in [2.05, 4.69) is 29.5 Å². The molecule has 0 bridgehead atoms. The SMILES string of the molecule is CCC(CC)NC(=O)Nc1nc(C)c(C)s1. The van der Waals surface area contributed by atoms with E-state index in [9.17, 15) is 4.79 Å². The van der Waals surface area contributed by atoms with Crippen LogP contribution in [0.15, 0.2) is 0 Å². The minimum Gasteiger partial charge on any atom is -0.335 e. The van der Waals surface area contributed by atoms with Crippen LogP contribution in [0.4, 0.5) is 9.93 Å². The highest BCUT2D eigenvalue weighted by molar-refractivity contribution is 7.15. The summed E-state index contributed by atoms with van der Waals surface area (Å²) in [6, 6.07) is 0.0737. The second-order valence-electron chi connectivity index (χ2n) is 3.77. The fraction of sp³-hybridized carbons (Fsp3) is 0.636. The molecule has 0 fully saturated rings. The minimum atomic E-state index is -0.164. The van der Waals surface area contributed by atoms with Crippen molar-refractivity contribution in [1.82, 2.24) is 10.3 Å². The molecule has 1 aromatic rings. The summed E-state index contributed by atoms with van der Waals surface area (Å²) in [5, 5.41) is 6.34. The Bertz CT molecular complexity index is 339. The van der Waals surface area contributed by atoms with Crippen LogP contribution in [0.25, 0.3) is 0 Å². The first-order chi connectivity index (χ1) is 7.56. The lowest BCUT2D eigenvalue weighted by Crippen LogP contribution is -2.37. The van der Waals surface area contributed by atoms with E-state index in [-0.39, 0.29) is 12.1 Å². The number of thiazole rings is 1. The van der Waals surface area contributed by atoms with E-state index < -0.39 is 0 Å². The van der Waals surface area contributed by atoms with Gasteiger partial charge in [0.25, 0.3) is 0 Å². The molecule has 1 aromatic heterocycles. The van der Waals surface area contributed by atoms with Crippen LogP contribution in [-0.2, 0) is 0 Å². The zero-order valence-electron chi connectivity index (χ0n) is 10.3. The van der Waals surface area contributed by atoms with Gasteiger partial charge in [0.15, 0.2) is 5.13 Å². The monoisotopic (exact) mass is 241 g/mol. The zero-order valence-corrected chi connectivity index (χ0v) is 11.1. The number of carbonyl (C=O) groups excluding carboxylic acids is 1. The predicted molar refractivity (Wildman–Crippen MR) is 68.1 cm³/mol. The maximum absolute atomic E-state index is 11.6. The number of hydrogen-bond donors (Lipinski definition) is 2. The smallest absolute Gasteiger partial charge is 0.321 e. The number of aryl methyl sites for hydroxylation is 2. The lowest BCUT2D eigenvalue weighted by atomic mass is 10.2. The van der Waals surface area contributed by atoms with Crippen molar-refractivity contribution in [2.75, 3.05) is 5.32 Å². The number of aromatic nitrogens is 1. The molecule has 90 valence electrons. The molecule has 0 aliphatic carbocycles. The van der Waals surface area contributed by atoms with Gasteiger partial charge in [-0.1, -0.05) is 13.8 Å². The minimum absolute atomic E-state index is 0.164. The quantitative estimate of drug-likeness (QED) is 0.851. The topological polar surface area (TPSA) is 54.0 Å². The van der Waals surface area contributed by atoms with E-state index in [1.165, 1.54) is 11.3 Å². The van der Waals surface area contributed by atoms with Gasteiger partial charge in [-0.2, -0.15) is 0 Å². The Balaban J connectivity index is 2.51. The number of carbonyl (C=O) groups is 1. The Morgan fingerprint density at radius 2 is 2.00 bits per heavy atom. The molecule has 0 atom stereocenters. The Hall–Kier alpha value is -1.10. The number of hydrogen-bond acceptors (Lipinski definition) is 3. The molecule has 0 saturated carbocycles. The highest BCUT2D eigenvalue weighted by Gasteiger charge is 2.10. The molecular weight excluding hydrogens is 222 g/mol. The summed E-state index contributed by atoms with van der Waals surface area (Å²) in [6.45, 7) is 8.06. The molecule has 2 amide bonds. The lowest BCUT2D eigenvalue weighted by Gasteiger charge is -2.14. The maximum atomic E-state index is 11.6. The summed E-state index contributed by atoms with van der Waals surface area (Å²) in [4.78, 5) is 17.0. The highest BCUT2D eigenvalue weighted by atomic mass is 32.1. The second kappa shape index (κ2) is 5.84. The summed E-state index contributed by atoms with van der Waals surface area (Å²) in [5.74, 6) is 0. The average Bonchev–Trinajstić information content (AvgIpc) is 2.54. The first-order valence-electron chi connectivity index (χ1n) is 5.58. The van der Waals surface area contributed by atoms with Crippen LogP contribution in [0.1, 0.15) is 37.3 Å². The molecule has 0 spiro atoms. The van der Waals surface area contributed by atoms with Gasteiger partial charge in [0, 0.05) is 10.9 Å². The first kappa shape index (κ1) is 13.0. The normalized spacial score (nSPS) is 10.6. The van der Waals surface area contributed by atoms with Crippen molar-refractivity contribution in [3.05, 3.63) is 10.6 Å². The van der Waals surface area contributed by atoms with Crippen LogP contribution in [0.3, 0.4) is 0 Å². The highest BCUT2D eigenvalue weighted by Crippen LogP contribution is 2.20. The Morgan fingerprint density at radius 3 is 2.44 bits per heavy atom. The molecule has 1 heterocycles. The molecule has 16 heavy (non-hydrogen) atoms. The van der Waals surface area contributed by atoms with E-state index in [0.29, 0.717) is 5.13 Å². The zero-order chi connectivity index (χ0) is 12.1. The van der Waals surface area contributed by atoms with Gasteiger partial charge in [-0.3, -0.25) is 5.32 Å². The van der Waals surface area contributed by atoms with Crippen LogP contribution in [0, 0.1) is 13.8 Å². The number of nitrogens with one attached hydrogen (secondary N) is 2. The number of anilines is 1. The summed E-state index contributed by atoms with van der Waals surface area (Å²) in [6.07, 6.45) is 1.89. The third-order valence-electron chi connectivity index (χ3n) is 2.57. The Labute approximate surface area is 100 Å². The van der Waals surface area contributed by atoms with E-state index in [0.717, 1.165) is 23.4 Å². The van der Waals surface area contributed by atoms with Crippen molar-refractivity contribution in [1.29, 1.82) is 0 Å². The molecule has 0 radical (unpaired) electrons. The largest absolute Gasteiger partial charge is 0.335 e. The molecule has 0 unspecified atom stereocenters. The van der Waals surface area contributed by atoms with Gasteiger partial charge in [0.1, 0.15) is 0 Å². The number of amides is 2. The molecule has 0 aliphatic heterocycles. The van der Waals surface area contributed by atoms with Crippen molar-refractivity contribution < 1.29 is 4.79 Å². The van der Waals surface area contributed by atoms with Gasteiger partial charge >= 0.3 is 6.03 Å². The third kappa shape index (κ3) is 3.48. The lowest BCUT2D eigenvalue weighted by molar-refractivity contribution is 0.247. The van der Waals surface area contributed by atoms with Crippen LogP contribution < -0.4 is 10.6 Å². The standard InChI is InChI=1S/C11H19N3OS/c1-5-9(6-2)13-10(15)14-11-12-7(3)8(4)16-11/h9H,5-6H2,1-4H3,(H2,12,13,14,15). The van der Waals surface area contributed by atoms with Gasteiger partial charge in [0.2, 0.25) is 0 Å². The van der Waals surface area contributed by atoms with Gasteiger partial charge in [-0.15, -0.1) is 11.3 Å². The third-order valence-corrected chi connectivity index (χ3v) is 3.56. The summed E-state index contributed by atoms with van der Waals surface area (Å²) < 4.78 is 0. The number of urea groups is 1. The summed E-state index contributed by atoms with van der Waals surface area (Å²) >= 11 is 1.50. The van der Waals surface area contributed by atoms with Crippen molar-refractivity contribution in [3.63, 3.8) is 0 Å². The molecule has 0 saturated heterocycles. The van der Waals surface area contributed by atoms with Gasteiger partial charge in [-0.25, -0.2) is 9.78 Å². The fourth-order valence-electron chi connectivity index (χ4n) is 1.34. The molecule has 1 rings (SSSR count). The van der Waals surface area contributed by atoms with Crippen molar-refractivity contribution in [2.24, 2.45) is 0 Å². The second-order valence-corrected chi connectivity index (χ2v) is 4.98. The molecule has 2 N–H and O–H groups in total. The van der Waals surface area contributed by atoms with Crippen LogP contribution >= 0.6 is 11.3 Å². The van der Waals surface area contributed by atoms with E-state index >= 15 is 0 Å². The van der Waals surface area contributed by atoms with Crippen molar-refractivity contribution >= 4 is 22.5 Å². The number of rotatable bonds is 4. The first-order valence-corrected chi connectivity index (χ1v) is 6.40. The number of nitrogens with zero attached hydrogens (tertiary/aromatic N) is 1. The molecule has 0 aromatic carbocycles. The Kier molecular flexibility index (Phi) is 4.73. The maximum Gasteiger partial charge on any atom is 0.321 e. The molecule has 0 aliphatic rings. The summed E-state index contributed by atoms with van der Waals surface area (Å²) in [7, 11) is 0. The van der Waals surface area contributed by atoms with Gasteiger partial charge < -0.3 is 5.32 Å². The van der Waals surface area contributed by atoms with Gasteiger partial charge in [0.05, 0.1) is 5.69 Å². The van der Waals surface area contributed by atoms with Crippen LogP contribution in [0.2, 0.25) is 0 Å². The van der Waals surface area contributed by atoms with Gasteiger partial charge in [-0.05, 0) is 26.7 Å².